The van der Waals surface area contributed by atoms with Gasteiger partial charge >= 0.3 is 0 Å². The summed E-state index contributed by atoms with van der Waals surface area (Å²) in [6.07, 6.45) is 4.94. The fourth-order valence-electron chi connectivity index (χ4n) is 2.20. The Balaban J connectivity index is 2.22. The highest BCUT2D eigenvalue weighted by atomic mass is 16.3. The Hall–Kier alpha value is -0.0800. The van der Waals surface area contributed by atoms with Gasteiger partial charge in [-0.2, -0.15) is 0 Å². The zero-order valence-corrected chi connectivity index (χ0v) is 9.00. The second-order valence-corrected chi connectivity index (χ2v) is 4.21. The van der Waals surface area contributed by atoms with Gasteiger partial charge in [-0.05, 0) is 44.7 Å². The lowest BCUT2D eigenvalue weighted by Crippen LogP contribution is -2.46. The van der Waals surface area contributed by atoms with Gasteiger partial charge in [0.05, 0.1) is 0 Å². The largest absolute Gasteiger partial charge is 0.396 e. The van der Waals surface area contributed by atoms with Gasteiger partial charge in [0.15, 0.2) is 0 Å². The first-order chi connectivity index (χ1) is 6.31. The van der Waals surface area contributed by atoms with Crippen molar-refractivity contribution in [3.8, 4) is 0 Å². The lowest BCUT2D eigenvalue weighted by atomic mass is 9.80. The van der Waals surface area contributed by atoms with Gasteiger partial charge in [0.25, 0.3) is 0 Å². The van der Waals surface area contributed by atoms with E-state index in [2.05, 4.69) is 18.7 Å². The summed E-state index contributed by atoms with van der Waals surface area (Å²) in [4.78, 5) is 2.59. The second-order valence-electron chi connectivity index (χ2n) is 4.21. The molecule has 78 valence electrons. The van der Waals surface area contributed by atoms with Crippen LogP contribution in [0, 0.1) is 5.92 Å². The van der Waals surface area contributed by atoms with Crippen LogP contribution in [-0.4, -0.2) is 35.7 Å². The number of rotatable bonds is 6. The van der Waals surface area contributed by atoms with Crippen molar-refractivity contribution in [2.45, 2.75) is 45.6 Å². The number of aliphatic hydroxyl groups is 1. The van der Waals surface area contributed by atoms with Crippen molar-refractivity contribution >= 4 is 0 Å². The van der Waals surface area contributed by atoms with Gasteiger partial charge in [-0.25, -0.2) is 0 Å². The second kappa shape index (κ2) is 5.61. The van der Waals surface area contributed by atoms with Gasteiger partial charge in [0.2, 0.25) is 0 Å². The van der Waals surface area contributed by atoms with Crippen molar-refractivity contribution in [2.75, 3.05) is 19.7 Å². The van der Waals surface area contributed by atoms with E-state index in [1.165, 1.54) is 38.8 Å². The van der Waals surface area contributed by atoms with Crippen molar-refractivity contribution in [1.29, 1.82) is 0 Å². The maximum absolute atomic E-state index is 8.93. The molecule has 0 aromatic heterocycles. The van der Waals surface area contributed by atoms with Crippen LogP contribution in [0.15, 0.2) is 0 Å². The van der Waals surface area contributed by atoms with E-state index in [1.807, 2.05) is 0 Å². The Kier molecular flexibility index (Phi) is 4.74. The summed E-state index contributed by atoms with van der Waals surface area (Å²) in [7, 11) is 0. The van der Waals surface area contributed by atoms with Crippen LogP contribution in [0.1, 0.15) is 39.5 Å². The Labute approximate surface area is 81.9 Å². The quantitative estimate of drug-likeness (QED) is 0.683. The molecule has 0 amide bonds. The van der Waals surface area contributed by atoms with E-state index >= 15 is 0 Å². The minimum Gasteiger partial charge on any atom is -0.396 e. The zero-order valence-electron chi connectivity index (χ0n) is 9.00. The summed E-state index contributed by atoms with van der Waals surface area (Å²) in [6.45, 7) is 7.34. The van der Waals surface area contributed by atoms with E-state index in [-0.39, 0.29) is 0 Å². The Morgan fingerprint density at radius 3 is 2.08 bits per heavy atom. The molecule has 0 aliphatic heterocycles. The van der Waals surface area contributed by atoms with E-state index in [9.17, 15) is 0 Å². The molecule has 0 aromatic rings. The van der Waals surface area contributed by atoms with Gasteiger partial charge < -0.3 is 10.0 Å². The molecule has 0 spiro atoms. The first-order valence-corrected chi connectivity index (χ1v) is 5.66. The Bertz CT molecular complexity index is 126. The third kappa shape index (κ3) is 2.96. The fourth-order valence-corrected chi connectivity index (χ4v) is 2.20. The minimum atomic E-state index is 0.391. The molecule has 0 heterocycles. The highest BCUT2D eigenvalue weighted by molar-refractivity contribution is 4.86. The van der Waals surface area contributed by atoms with Crippen LogP contribution in [0.5, 0.6) is 0 Å². The van der Waals surface area contributed by atoms with Crippen LogP contribution in [0.3, 0.4) is 0 Å². The predicted molar refractivity (Wildman–Crippen MR) is 55.8 cm³/mol. The van der Waals surface area contributed by atoms with Gasteiger partial charge in [-0.3, -0.25) is 0 Å². The highest BCUT2D eigenvalue weighted by Gasteiger charge is 2.31. The number of hydrogen-bond acceptors (Lipinski definition) is 2. The molecular weight excluding hydrogens is 162 g/mol. The summed E-state index contributed by atoms with van der Waals surface area (Å²) in [5.41, 5.74) is 0. The van der Waals surface area contributed by atoms with E-state index in [0.717, 1.165) is 6.04 Å². The molecule has 2 heteroatoms. The van der Waals surface area contributed by atoms with Gasteiger partial charge in [0, 0.05) is 12.6 Å². The standard InChI is InChI=1S/C11H23NO/c1-3-5-12(6-4-2)11-7-10(8-11)9-13/h10-11,13H,3-9H2,1-2H3. The molecule has 13 heavy (non-hydrogen) atoms. The van der Waals surface area contributed by atoms with Crippen molar-refractivity contribution in [2.24, 2.45) is 5.92 Å². The lowest BCUT2D eigenvalue weighted by molar-refractivity contribution is 0.0452. The monoisotopic (exact) mass is 185 g/mol. The maximum atomic E-state index is 8.93. The van der Waals surface area contributed by atoms with Crippen molar-refractivity contribution in [1.82, 2.24) is 4.90 Å². The molecule has 1 N–H and O–H groups in total. The number of aliphatic hydroxyl groups excluding tert-OH is 1. The van der Waals surface area contributed by atoms with E-state index < -0.39 is 0 Å². The smallest absolute Gasteiger partial charge is 0.0460 e. The average molecular weight is 185 g/mol. The topological polar surface area (TPSA) is 23.5 Å². The molecule has 1 rings (SSSR count). The lowest BCUT2D eigenvalue weighted by Gasteiger charge is -2.42. The minimum absolute atomic E-state index is 0.391. The Morgan fingerprint density at radius 1 is 1.15 bits per heavy atom. The molecule has 0 unspecified atom stereocenters. The van der Waals surface area contributed by atoms with Crippen LogP contribution >= 0.6 is 0 Å². The molecule has 1 fully saturated rings. The summed E-state index contributed by atoms with van der Waals surface area (Å²) in [6, 6.07) is 0.775. The number of nitrogens with zero attached hydrogens (tertiary/aromatic N) is 1. The first kappa shape index (κ1) is 11.0. The zero-order chi connectivity index (χ0) is 9.68. The van der Waals surface area contributed by atoms with Gasteiger partial charge in [-0.15, -0.1) is 0 Å². The maximum Gasteiger partial charge on any atom is 0.0460 e. The van der Waals surface area contributed by atoms with Crippen molar-refractivity contribution < 1.29 is 5.11 Å². The SMILES string of the molecule is CCCN(CCC)C1CC(CO)C1. The average Bonchev–Trinajstić information content (AvgIpc) is 2.03. The molecule has 2 nitrogen and oxygen atoms in total. The summed E-state index contributed by atoms with van der Waals surface area (Å²) < 4.78 is 0. The fraction of sp³-hybridized carbons (Fsp3) is 1.00. The van der Waals surface area contributed by atoms with Gasteiger partial charge in [0.1, 0.15) is 0 Å². The molecule has 1 aliphatic rings. The molecule has 0 bridgehead atoms. The van der Waals surface area contributed by atoms with Crippen LogP contribution in [0.2, 0.25) is 0 Å². The summed E-state index contributed by atoms with van der Waals surface area (Å²) >= 11 is 0. The summed E-state index contributed by atoms with van der Waals surface area (Å²) in [5.74, 6) is 0.598. The third-order valence-corrected chi connectivity index (χ3v) is 3.01. The number of hydrogen-bond donors (Lipinski definition) is 1. The first-order valence-electron chi connectivity index (χ1n) is 5.66. The van der Waals surface area contributed by atoms with E-state index in [1.54, 1.807) is 0 Å². The summed E-state index contributed by atoms with van der Waals surface area (Å²) in [5, 5.41) is 8.93. The van der Waals surface area contributed by atoms with Crippen LogP contribution in [0.4, 0.5) is 0 Å². The van der Waals surface area contributed by atoms with E-state index in [4.69, 9.17) is 5.11 Å². The van der Waals surface area contributed by atoms with Crippen LogP contribution < -0.4 is 0 Å². The third-order valence-electron chi connectivity index (χ3n) is 3.01. The molecular formula is C11H23NO. The molecule has 0 aromatic carbocycles. The normalized spacial score (nSPS) is 27.7. The Morgan fingerprint density at radius 2 is 1.69 bits per heavy atom. The van der Waals surface area contributed by atoms with Crippen LogP contribution in [0.25, 0.3) is 0 Å². The molecule has 0 saturated heterocycles. The molecule has 0 radical (unpaired) electrons. The van der Waals surface area contributed by atoms with Crippen molar-refractivity contribution in [3.63, 3.8) is 0 Å². The van der Waals surface area contributed by atoms with E-state index in [0.29, 0.717) is 12.5 Å². The molecule has 1 saturated carbocycles. The van der Waals surface area contributed by atoms with Crippen LogP contribution in [-0.2, 0) is 0 Å². The van der Waals surface area contributed by atoms with Gasteiger partial charge in [-0.1, -0.05) is 13.8 Å². The predicted octanol–water partition coefficient (Wildman–Crippen LogP) is 1.88. The highest BCUT2D eigenvalue weighted by Crippen LogP contribution is 2.31. The molecule has 0 atom stereocenters. The molecule has 1 aliphatic carbocycles. The van der Waals surface area contributed by atoms with Crippen molar-refractivity contribution in [3.05, 3.63) is 0 Å².